The highest BCUT2D eigenvalue weighted by Gasteiger charge is 2.18. The predicted molar refractivity (Wildman–Crippen MR) is 516 cm³/mol. The number of thioether (sulfide) groups is 5. The molecular formula is C102H119BrO9S5. The summed E-state index contributed by atoms with van der Waals surface area (Å²) in [7, 11) is 15.0. The fraction of sp³-hybridized carbons (Fsp3) is 0.294. The lowest BCUT2D eigenvalue weighted by Gasteiger charge is -2.21. The van der Waals surface area contributed by atoms with Gasteiger partial charge in [0.25, 0.3) is 0 Å². The van der Waals surface area contributed by atoms with Crippen molar-refractivity contribution in [1.29, 1.82) is 0 Å². The predicted octanol–water partition coefficient (Wildman–Crippen LogP) is 29.6. The number of alkyl halides is 1. The zero-order valence-electron chi connectivity index (χ0n) is 81.0. The summed E-state index contributed by atoms with van der Waals surface area (Å²) in [5, 5.41) is 9.22. The molecule has 3 atom stereocenters. The van der Waals surface area contributed by atoms with Crippen LogP contribution < -0.4 is 42.6 Å². The summed E-state index contributed by atoms with van der Waals surface area (Å²) in [6.45, 7) is 22.0. The molecule has 15 heteroatoms. The molecule has 618 valence electrons. The molecule has 0 heterocycles. The summed E-state index contributed by atoms with van der Waals surface area (Å²) in [5.74, 6) is 7.66. The summed E-state index contributed by atoms with van der Waals surface area (Å²) in [6.07, 6.45) is 7.31. The molecule has 0 aromatic heterocycles. The number of halogens is 1. The first-order valence-corrected chi connectivity index (χ1v) is 43.6. The van der Waals surface area contributed by atoms with Crippen LogP contribution in [-0.4, -0.2) is 92.5 Å². The second-order valence-corrected chi connectivity index (χ2v) is 32.0. The number of hydrogen-bond donors (Lipinski definition) is 0. The lowest BCUT2D eigenvalue weighted by molar-refractivity contribution is 0.405. The maximum absolute atomic E-state index is 7.72. The van der Waals surface area contributed by atoms with E-state index in [4.69, 9.17) is 56.3 Å². The van der Waals surface area contributed by atoms with Crippen LogP contribution in [0.2, 0.25) is 0 Å². The Morgan fingerprint density at radius 3 is 1.35 bits per heavy atom. The van der Waals surface area contributed by atoms with Crippen molar-refractivity contribution in [2.24, 2.45) is 0 Å². The van der Waals surface area contributed by atoms with Gasteiger partial charge in [-0.2, -0.15) is 0 Å². The van der Waals surface area contributed by atoms with E-state index in [1.54, 1.807) is 98.6 Å². The summed E-state index contributed by atoms with van der Waals surface area (Å²) in [6, 6.07) is 74.0. The van der Waals surface area contributed by atoms with Crippen LogP contribution >= 0.6 is 74.7 Å². The van der Waals surface area contributed by atoms with Crippen molar-refractivity contribution in [3.8, 4) is 62.9 Å². The first-order chi connectivity index (χ1) is 60.2. The van der Waals surface area contributed by atoms with Gasteiger partial charge in [-0.3, -0.25) is 0 Å². The molecule has 1 aliphatic rings. The number of ether oxygens (including phenoxy) is 9. The number of aryl methyl sites for hydroxylation is 5. The first kappa shape index (κ1) is 80.5. The van der Waals surface area contributed by atoms with Crippen molar-refractivity contribution in [2.45, 2.75) is 131 Å². The van der Waals surface area contributed by atoms with Gasteiger partial charge in [0.1, 0.15) is 51.7 Å². The van der Waals surface area contributed by atoms with E-state index < -0.39 is 28.5 Å². The quantitative estimate of drug-likeness (QED) is 0.0346. The molecule has 117 heavy (non-hydrogen) atoms. The Kier molecular flexibility index (Phi) is 35.4. The van der Waals surface area contributed by atoms with E-state index in [9.17, 15) is 0 Å². The van der Waals surface area contributed by atoms with E-state index in [1.807, 2.05) is 165 Å². The number of methoxy groups -OCH3 is 9. The van der Waals surface area contributed by atoms with Crippen LogP contribution in [0.15, 0.2) is 256 Å². The fourth-order valence-electron chi connectivity index (χ4n) is 12.9. The highest BCUT2D eigenvalue weighted by Crippen LogP contribution is 2.41. The third kappa shape index (κ3) is 27.6. The normalized spacial score (nSPS) is 14.0. The molecule has 0 saturated carbocycles. The van der Waals surface area contributed by atoms with Gasteiger partial charge in [0.05, 0.1) is 64.0 Å². The third-order valence-electron chi connectivity index (χ3n) is 19.0. The lowest BCUT2D eigenvalue weighted by Crippen LogP contribution is -2.06. The van der Waals surface area contributed by atoms with E-state index >= 15 is 0 Å². The molecule has 13 aromatic carbocycles. The van der Waals surface area contributed by atoms with Gasteiger partial charge in [0.15, 0.2) is 0 Å². The van der Waals surface area contributed by atoms with Gasteiger partial charge >= 0.3 is 0 Å². The molecule has 0 N–H and O–H groups in total. The second-order valence-electron chi connectivity index (χ2n) is 26.2. The standard InChI is InChI=1S/C15H18OS.C14H16O2S.C14H16OS.C14H14O.C13H18OS.C12H12O.C10H13BrOS.C10H12O/c1-4-11-6-7-12-13(10-11)14(16-3)8-9-15(12)17-5-2;1-4-17-14-8-7-13(16-3)12-9-10(15-2)5-6-11(12)14;1-4-16-14-8-7-13(15-3)11-6-5-10(2)9-12(11)14;1-11-8-9-13(15-2)10-14(11)12-6-4-3-5-7-12;1-3-15-13-9-8-12(14-2)10-6-4-5-7-11(10)13;1-9-7-8-12(13-2)11-6-4-3-5-10(9)11;1-3-13-10-5-4-9(12-2)6-8(10)7-11;1-4-9-7-10(11-3)6-5-8(9)2/h6-10H,4-5H2,1-3H3;5-9H,4H2,1-3H3;5-9H,4H2,1-3H3;3-10H,1-2H3;8-9H,3-7H2,1-2H3;3-8H,1-2H3;4-6H,3,7H2,1-2H3;4-7H,1H2,2-3H3/i5+1DH;4+1DH;4+1H2;;3+1H2;;3+1DH;/t5-;4-;;;;;3-;/m00....0./s1. The molecule has 0 aliphatic heterocycles. The largest absolute Gasteiger partial charge is 0.497 e. The monoisotopic (exact) mass is 1730 g/mol. The minimum atomic E-state index is -1.32. The van der Waals surface area contributed by atoms with Gasteiger partial charge in [0.2, 0.25) is 0 Å². The Hall–Kier alpha value is -8.93. The van der Waals surface area contributed by atoms with Crippen LogP contribution in [0.4, 0.5) is 0 Å². The van der Waals surface area contributed by atoms with Crippen LogP contribution in [0, 0.1) is 27.7 Å². The molecule has 9 nitrogen and oxygen atoms in total. The van der Waals surface area contributed by atoms with Gasteiger partial charge in [-0.05, 0) is 287 Å². The highest BCUT2D eigenvalue weighted by atomic mass is 79.9. The van der Waals surface area contributed by atoms with Gasteiger partial charge in [0, 0.05) is 65.1 Å². The summed E-state index contributed by atoms with van der Waals surface area (Å²) >= 11 is 9.60. The number of rotatable bonds is 23. The number of fused-ring (bicyclic) bond motifs is 5. The van der Waals surface area contributed by atoms with E-state index in [-0.39, 0.29) is 0 Å². The number of benzene rings is 13. The molecule has 0 bridgehead atoms. The molecule has 0 amide bonds. The summed E-state index contributed by atoms with van der Waals surface area (Å²) in [4.78, 5) is 4.81. The van der Waals surface area contributed by atoms with Gasteiger partial charge in [-0.15, -0.1) is 58.8 Å². The molecular weight excluding hydrogens is 1610 g/mol. The maximum Gasteiger partial charge on any atom is 0.126 e. The van der Waals surface area contributed by atoms with E-state index in [0.717, 1.165) is 144 Å². The minimum absolute atomic E-state index is 0.697. The van der Waals surface area contributed by atoms with Crippen LogP contribution in [0.1, 0.15) is 118 Å². The fourth-order valence-corrected chi connectivity index (χ4v) is 16.8. The summed E-state index contributed by atoms with van der Waals surface area (Å²) in [5.41, 5.74) is 7.04. The van der Waals surface area contributed by atoms with E-state index in [0.29, 0.717) is 5.33 Å². The molecule has 0 unspecified atom stereocenters. The van der Waals surface area contributed by atoms with Crippen molar-refractivity contribution in [1.82, 2.24) is 0 Å². The van der Waals surface area contributed by atoms with Crippen molar-refractivity contribution in [3.63, 3.8) is 0 Å². The Balaban J connectivity index is 0.000000200. The average Bonchev–Trinajstić information content (AvgIpc) is 0.790. The Morgan fingerprint density at radius 2 is 0.795 bits per heavy atom. The van der Waals surface area contributed by atoms with Crippen molar-refractivity contribution >= 4 is 124 Å². The lowest BCUT2D eigenvalue weighted by atomic mass is 9.91. The summed E-state index contributed by atoms with van der Waals surface area (Å²) < 4.78 is 124. The Labute approximate surface area is 742 Å². The molecule has 0 fully saturated rings. The topological polar surface area (TPSA) is 83.1 Å². The third-order valence-corrected chi connectivity index (χ3v) is 23.6. The highest BCUT2D eigenvalue weighted by molar-refractivity contribution is 9.08. The molecule has 0 saturated heterocycles. The van der Waals surface area contributed by atoms with E-state index in [2.05, 4.69) is 123 Å². The Morgan fingerprint density at radius 1 is 0.368 bits per heavy atom. The van der Waals surface area contributed by atoms with Crippen molar-refractivity contribution in [3.05, 3.63) is 281 Å². The van der Waals surface area contributed by atoms with Gasteiger partial charge in [-0.25, -0.2) is 0 Å². The van der Waals surface area contributed by atoms with Crippen molar-refractivity contribution in [2.75, 3.05) is 92.5 Å². The van der Waals surface area contributed by atoms with Crippen molar-refractivity contribution < 1.29 is 56.3 Å². The zero-order valence-corrected chi connectivity index (χ0v) is 76.7. The molecule has 1 aliphatic carbocycles. The Bertz CT molecular complexity index is 5630. The second kappa shape index (κ2) is 51.4. The van der Waals surface area contributed by atoms with E-state index in [1.165, 1.54) is 127 Å². The van der Waals surface area contributed by atoms with Crippen LogP contribution in [0.3, 0.4) is 0 Å². The van der Waals surface area contributed by atoms with Gasteiger partial charge in [-0.1, -0.05) is 179 Å². The number of hydrogen-bond acceptors (Lipinski definition) is 14. The SMILES string of the molecule is C=Cc1cc(OC)ccc1C.COc1ccc(C)c(-c2ccccc2)c1.COc1ccc(C)c2ccccc12.[1H][13C@]([2H])(C)Sc1ccc(OC)c2cc(CC)ccc12.[1H][13C@]([2H])(C)Sc1ccc(OC)c2cc(OC)ccc12.[1H][13C@]([2H])(C)Sc1ccc(OC)cc1CBr.[1H][13C]([1H])(C)Sc1ccc(OC)c2c1CCCC2.[1H][13C]([1H])(C)Sc1ccc(OC)c2ccc(C)cc12. The van der Waals surface area contributed by atoms with Gasteiger partial charge < -0.3 is 42.6 Å². The molecule has 0 spiro atoms. The molecule has 14 rings (SSSR count). The van der Waals surface area contributed by atoms with Crippen LogP contribution in [0.5, 0.6) is 51.7 Å². The average molecular weight is 1740 g/mol. The maximum atomic E-state index is 7.72. The minimum Gasteiger partial charge on any atom is -0.497 e. The van der Waals surface area contributed by atoms with Crippen LogP contribution in [0.25, 0.3) is 60.3 Å². The smallest absolute Gasteiger partial charge is 0.126 e. The first-order valence-electron chi connectivity index (χ1n) is 43.4. The van der Waals surface area contributed by atoms with Crippen LogP contribution in [-0.2, 0) is 24.6 Å². The molecule has 13 aromatic rings. The zero-order chi connectivity index (χ0) is 93.6. The molecule has 0 radical (unpaired) electrons.